The zero-order valence-electron chi connectivity index (χ0n) is 15.6. The van der Waals surface area contributed by atoms with Crippen LogP contribution in [0.15, 0.2) is 4.99 Å². The molecule has 1 aliphatic rings. The fourth-order valence-electron chi connectivity index (χ4n) is 2.61. The van der Waals surface area contributed by atoms with E-state index in [2.05, 4.69) is 20.5 Å². The lowest BCUT2D eigenvalue weighted by Gasteiger charge is -2.34. The summed E-state index contributed by atoms with van der Waals surface area (Å²) in [4.78, 5) is 18.0. The Hall–Kier alpha value is -0.380. The highest BCUT2D eigenvalue weighted by molar-refractivity contribution is 14.0. The van der Waals surface area contributed by atoms with E-state index in [-0.39, 0.29) is 34.6 Å². The van der Waals surface area contributed by atoms with E-state index in [4.69, 9.17) is 0 Å². The Labute approximate surface area is 166 Å². The number of amides is 1. The SMILES string of the molecule is CN=C(NCCS(=O)C(C)(C)C)N1CCC(CC(=O)NC)CC1.I. The van der Waals surface area contributed by atoms with Gasteiger partial charge in [-0.25, -0.2) is 0 Å². The first-order valence-electron chi connectivity index (χ1n) is 8.32. The summed E-state index contributed by atoms with van der Waals surface area (Å²) in [6, 6.07) is 0. The smallest absolute Gasteiger partial charge is 0.220 e. The number of hydrogen-bond donors (Lipinski definition) is 2. The minimum Gasteiger partial charge on any atom is -0.359 e. The van der Waals surface area contributed by atoms with Gasteiger partial charge in [-0.3, -0.25) is 14.0 Å². The summed E-state index contributed by atoms with van der Waals surface area (Å²) in [5, 5.41) is 6.00. The summed E-state index contributed by atoms with van der Waals surface area (Å²) in [5.41, 5.74) is 0. The van der Waals surface area contributed by atoms with Gasteiger partial charge in [-0.15, -0.1) is 24.0 Å². The summed E-state index contributed by atoms with van der Waals surface area (Å²) >= 11 is 0. The van der Waals surface area contributed by atoms with Crippen LogP contribution in [0.1, 0.15) is 40.0 Å². The van der Waals surface area contributed by atoms with Gasteiger partial charge >= 0.3 is 0 Å². The molecule has 0 bridgehead atoms. The van der Waals surface area contributed by atoms with Crippen molar-refractivity contribution in [3.05, 3.63) is 0 Å². The second kappa shape index (κ2) is 11.3. The number of carbonyl (C=O) groups excluding carboxylic acids is 1. The fraction of sp³-hybridized carbons (Fsp3) is 0.875. The van der Waals surface area contributed by atoms with E-state index >= 15 is 0 Å². The molecule has 0 aromatic carbocycles. The van der Waals surface area contributed by atoms with E-state index in [0.29, 0.717) is 24.6 Å². The van der Waals surface area contributed by atoms with E-state index in [9.17, 15) is 9.00 Å². The normalized spacial score (nSPS) is 17.9. The monoisotopic (exact) mass is 472 g/mol. The molecule has 24 heavy (non-hydrogen) atoms. The third-order valence-corrected chi connectivity index (χ3v) is 6.07. The van der Waals surface area contributed by atoms with Crippen molar-refractivity contribution in [2.45, 2.75) is 44.8 Å². The lowest BCUT2D eigenvalue weighted by molar-refractivity contribution is -0.121. The Morgan fingerprint density at radius 3 is 2.33 bits per heavy atom. The van der Waals surface area contributed by atoms with E-state index in [1.807, 2.05) is 20.8 Å². The molecule has 0 radical (unpaired) electrons. The Morgan fingerprint density at radius 1 is 1.29 bits per heavy atom. The van der Waals surface area contributed by atoms with Crippen molar-refractivity contribution >= 4 is 46.6 Å². The lowest BCUT2D eigenvalue weighted by atomic mass is 9.93. The zero-order chi connectivity index (χ0) is 17.5. The number of rotatable bonds is 5. The molecule has 1 aliphatic heterocycles. The largest absolute Gasteiger partial charge is 0.359 e. The average Bonchev–Trinajstić information content (AvgIpc) is 2.51. The molecule has 0 aromatic heterocycles. The summed E-state index contributed by atoms with van der Waals surface area (Å²) in [6.07, 6.45) is 2.62. The molecule has 142 valence electrons. The van der Waals surface area contributed by atoms with E-state index in [1.165, 1.54) is 0 Å². The van der Waals surface area contributed by atoms with Crippen LogP contribution < -0.4 is 10.6 Å². The molecule has 6 nitrogen and oxygen atoms in total. The number of halogens is 1. The van der Waals surface area contributed by atoms with E-state index in [1.54, 1.807) is 14.1 Å². The van der Waals surface area contributed by atoms with Crippen molar-refractivity contribution in [1.29, 1.82) is 0 Å². The van der Waals surface area contributed by atoms with Crippen molar-refractivity contribution in [2.24, 2.45) is 10.9 Å². The molecule has 0 spiro atoms. The standard InChI is InChI=1S/C16H32N4O2S.HI/c1-16(2,3)23(22)11-8-19-15(18-5)20-9-6-13(7-10-20)12-14(21)17-4;/h13H,6-12H2,1-5H3,(H,17,21)(H,18,19);1H. The number of carbonyl (C=O) groups is 1. The fourth-order valence-corrected chi connectivity index (χ4v) is 3.51. The van der Waals surface area contributed by atoms with Gasteiger partial charge in [0.15, 0.2) is 5.96 Å². The van der Waals surface area contributed by atoms with Gasteiger partial charge in [-0.1, -0.05) is 0 Å². The van der Waals surface area contributed by atoms with Crippen LogP contribution >= 0.6 is 24.0 Å². The highest BCUT2D eigenvalue weighted by Crippen LogP contribution is 2.20. The quantitative estimate of drug-likeness (QED) is 0.362. The second-order valence-corrected chi connectivity index (χ2v) is 9.27. The maximum atomic E-state index is 12.1. The number of guanidine groups is 1. The third kappa shape index (κ3) is 8.13. The molecular formula is C16H33IN4O2S. The maximum absolute atomic E-state index is 12.1. The molecule has 2 N–H and O–H groups in total. The topological polar surface area (TPSA) is 73.8 Å². The van der Waals surface area contributed by atoms with Crippen LogP contribution in [-0.2, 0) is 15.6 Å². The van der Waals surface area contributed by atoms with Gasteiger partial charge in [0.1, 0.15) is 0 Å². The summed E-state index contributed by atoms with van der Waals surface area (Å²) in [7, 11) is 2.61. The molecule has 0 aromatic rings. The summed E-state index contributed by atoms with van der Waals surface area (Å²) < 4.78 is 11.9. The highest BCUT2D eigenvalue weighted by Gasteiger charge is 2.23. The molecule has 0 saturated carbocycles. The number of nitrogens with zero attached hydrogens (tertiary/aromatic N) is 2. The number of hydrogen-bond acceptors (Lipinski definition) is 3. The van der Waals surface area contributed by atoms with Crippen LogP contribution in [0.2, 0.25) is 0 Å². The lowest BCUT2D eigenvalue weighted by Crippen LogP contribution is -2.47. The summed E-state index contributed by atoms with van der Waals surface area (Å²) in [5.74, 6) is 2.07. The van der Waals surface area contributed by atoms with Crippen LogP contribution in [0.5, 0.6) is 0 Å². The number of likely N-dealkylation sites (tertiary alicyclic amines) is 1. The Balaban J connectivity index is 0.00000529. The molecule has 1 saturated heterocycles. The predicted octanol–water partition coefficient (Wildman–Crippen LogP) is 1.58. The molecular weight excluding hydrogens is 439 g/mol. The van der Waals surface area contributed by atoms with Crippen LogP contribution in [0.4, 0.5) is 0 Å². The van der Waals surface area contributed by atoms with Crippen molar-refractivity contribution in [1.82, 2.24) is 15.5 Å². The third-order valence-electron chi connectivity index (χ3n) is 4.13. The Morgan fingerprint density at radius 2 is 1.88 bits per heavy atom. The van der Waals surface area contributed by atoms with Gasteiger partial charge in [0.05, 0.1) is 0 Å². The van der Waals surface area contributed by atoms with E-state index in [0.717, 1.165) is 31.9 Å². The minimum atomic E-state index is -0.855. The van der Waals surface area contributed by atoms with Gasteiger partial charge in [0, 0.05) is 61.4 Å². The highest BCUT2D eigenvalue weighted by atomic mass is 127. The molecule has 1 fully saturated rings. The van der Waals surface area contributed by atoms with Gasteiger partial charge < -0.3 is 15.5 Å². The van der Waals surface area contributed by atoms with Crippen molar-refractivity contribution in [2.75, 3.05) is 39.5 Å². The minimum absolute atomic E-state index is 0. The molecule has 1 atom stereocenters. The van der Waals surface area contributed by atoms with Crippen LogP contribution in [0.25, 0.3) is 0 Å². The van der Waals surface area contributed by atoms with Crippen molar-refractivity contribution < 1.29 is 9.00 Å². The average molecular weight is 472 g/mol. The first-order valence-corrected chi connectivity index (χ1v) is 9.64. The van der Waals surface area contributed by atoms with Gasteiger partial charge in [-0.2, -0.15) is 0 Å². The van der Waals surface area contributed by atoms with Gasteiger partial charge in [0.25, 0.3) is 0 Å². The number of aliphatic imine (C=N–C) groups is 1. The number of piperidine rings is 1. The molecule has 8 heteroatoms. The molecule has 1 unspecified atom stereocenters. The number of nitrogens with one attached hydrogen (secondary N) is 2. The predicted molar refractivity (Wildman–Crippen MR) is 113 cm³/mol. The Kier molecular flexibility index (Phi) is 11.1. The molecule has 0 aliphatic carbocycles. The van der Waals surface area contributed by atoms with Gasteiger partial charge in [-0.05, 0) is 39.5 Å². The Bertz CT molecular complexity index is 444. The van der Waals surface area contributed by atoms with Crippen LogP contribution in [0, 0.1) is 5.92 Å². The van der Waals surface area contributed by atoms with Crippen LogP contribution in [-0.4, -0.2) is 65.2 Å². The maximum Gasteiger partial charge on any atom is 0.220 e. The molecule has 1 rings (SSSR count). The molecule has 1 heterocycles. The summed E-state index contributed by atoms with van der Waals surface area (Å²) in [6.45, 7) is 8.46. The van der Waals surface area contributed by atoms with Crippen molar-refractivity contribution in [3.8, 4) is 0 Å². The van der Waals surface area contributed by atoms with Gasteiger partial charge in [0.2, 0.25) is 5.91 Å². The molecule has 1 amide bonds. The second-order valence-electron chi connectivity index (χ2n) is 6.94. The van der Waals surface area contributed by atoms with E-state index < -0.39 is 10.8 Å². The van der Waals surface area contributed by atoms with Crippen molar-refractivity contribution in [3.63, 3.8) is 0 Å². The first kappa shape index (κ1) is 23.6. The first-order chi connectivity index (χ1) is 10.8. The zero-order valence-corrected chi connectivity index (χ0v) is 18.7. The van der Waals surface area contributed by atoms with Crippen LogP contribution in [0.3, 0.4) is 0 Å².